The van der Waals surface area contributed by atoms with Gasteiger partial charge in [0.15, 0.2) is 0 Å². The Balaban J connectivity index is 1.67. The molecule has 0 bridgehead atoms. The van der Waals surface area contributed by atoms with Crippen molar-refractivity contribution in [2.75, 3.05) is 21.3 Å². The average Bonchev–Trinajstić information content (AvgIpc) is 3.11. The first-order valence-corrected chi connectivity index (χ1v) is 7.97. The molecule has 1 heterocycles. The van der Waals surface area contributed by atoms with Gasteiger partial charge in [-0.25, -0.2) is 0 Å². The average molecular weight is 339 g/mol. The minimum absolute atomic E-state index is 0.533. The fourth-order valence-corrected chi connectivity index (χ4v) is 2.57. The molecule has 0 spiro atoms. The van der Waals surface area contributed by atoms with Gasteiger partial charge in [-0.15, -0.1) is 10.2 Å². The van der Waals surface area contributed by atoms with Crippen molar-refractivity contribution in [2.45, 2.75) is 13.1 Å². The highest BCUT2D eigenvalue weighted by Crippen LogP contribution is 2.26. The Morgan fingerprint density at radius 1 is 0.960 bits per heavy atom. The van der Waals surface area contributed by atoms with Crippen molar-refractivity contribution < 1.29 is 13.9 Å². The van der Waals surface area contributed by atoms with E-state index in [-0.39, 0.29) is 0 Å². The van der Waals surface area contributed by atoms with Crippen LogP contribution in [-0.4, -0.2) is 36.4 Å². The summed E-state index contributed by atoms with van der Waals surface area (Å²) >= 11 is 0. The Kier molecular flexibility index (Phi) is 5.30. The van der Waals surface area contributed by atoms with E-state index in [2.05, 4.69) is 15.1 Å². The van der Waals surface area contributed by atoms with Gasteiger partial charge in [0.1, 0.15) is 11.5 Å². The first kappa shape index (κ1) is 17.0. The fraction of sp³-hybridized carbons (Fsp3) is 0.263. The third-order valence-electron chi connectivity index (χ3n) is 3.83. The van der Waals surface area contributed by atoms with E-state index in [9.17, 15) is 0 Å². The molecule has 0 radical (unpaired) electrons. The minimum Gasteiger partial charge on any atom is -0.497 e. The minimum atomic E-state index is 0.533. The van der Waals surface area contributed by atoms with E-state index >= 15 is 0 Å². The van der Waals surface area contributed by atoms with Crippen LogP contribution >= 0.6 is 0 Å². The van der Waals surface area contributed by atoms with Gasteiger partial charge in [-0.2, -0.15) is 0 Å². The molecular formula is C19H21N3O3. The summed E-state index contributed by atoms with van der Waals surface area (Å²) in [6, 6.07) is 15.5. The number of hydrogen-bond donors (Lipinski definition) is 0. The highest BCUT2D eigenvalue weighted by molar-refractivity contribution is 5.51. The van der Waals surface area contributed by atoms with Crippen LogP contribution in [0.1, 0.15) is 11.5 Å². The molecule has 1 aromatic heterocycles. The van der Waals surface area contributed by atoms with E-state index in [1.54, 1.807) is 14.2 Å². The predicted molar refractivity (Wildman–Crippen MR) is 94.5 cm³/mol. The number of benzene rings is 2. The number of hydrogen-bond acceptors (Lipinski definition) is 6. The summed E-state index contributed by atoms with van der Waals surface area (Å²) in [5.74, 6) is 2.68. The van der Waals surface area contributed by atoms with Gasteiger partial charge in [0.05, 0.1) is 20.8 Å². The second kappa shape index (κ2) is 7.81. The van der Waals surface area contributed by atoms with Crippen molar-refractivity contribution in [3.8, 4) is 23.0 Å². The first-order chi connectivity index (χ1) is 12.2. The van der Waals surface area contributed by atoms with Crippen LogP contribution in [0.3, 0.4) is 0 Å². The normalized spacial score (nSPS) is 10.9. The molecule has 0 amide bonds. The summed E-state index contributed by atoms with van der Waals surface area (Å²) in [4.78, 5) is 2.09. The molecule has 0 N–H and O–H groups in total. The summed E-state index contributed by atoms with van der Waals surface area (Å²) in [7, 11) is 5.29. The Morgan fingerprint density at radius 3 is 2.48 bits per heavy atom. The lowest BCUT2D eigenvalue weighted by molar-refractivity contribution is 0.277. The van der Waals surface area contributed by atoms with Gasteiger partial charge < -0.3 is 13.9 Å². The van der Waals surface area contributed by atoms with Crippen LogP contribution in [0.25, 0.3) is 11.5 Å². The van der Waals surface area contributed by atoms with E-state index < -0.39 is 0 Å². The van der Waals surface area contributed by atoms with E-state index in [4.69, 9.17) is 13.9 Å². The lowest BCUT2D eigenvalue weighted by Gasteiger charge is -2.17. The molecule has 0 aliphatic rings. The molecule has 25 heavy (non-hydrogen) atoms. The van der Waals surface area contributed by atoms with Gasteiger partial charge >= 0.3 is 0 Å². The highest BCUT2D eigenvalue weighted by atomic mass is 16.5. The third-order valence-corrected chi connectivity index (χ3v) is 3.83. The molecule has 3 aromatic rings. The second-order valence-electron chi connectivity index (χ2n) is 5.72. The second-order valence-corrected chi connectivity index (χ2v) is 5.72. The van der Waals surface area contributed by atoms with Gasteiger partial charge in [-0.1, -0.05) is 24.3 Å². The topological polar surface area (TPSA) is 60.6 Å². The summed E-state index contributed by atoms with van der Waals surface area (Å²) in [6.07, 6.45) is 0. The predicted octanol–water partition coefficient (Wildman–Crippen LogP) is 3.39. The van der Waals surface area contributed by atoms with Crippen molar-refractivity contribution >= 4 is 0 Å². The molecule has 0 saturated heterocycles. The van der Waals surface area contributed by atoms with E-state index in [0.717, 1.165) is 22.6 Å². The Hall–Kier alpha value is -2.86. The number of aromatic nitrogens is 2. The van der Waals surface area contributed by atoms with Crippen molar-refractivity contribution in [1.82, 2.24) is 15.1 Å². The molecule has 2 aromatic carbocycles. The monoisotopic (exact) mass is 339 g/mol. The van der Waals surface area contributed by atoms with Crippen molar-refractivity contribution in [3.05, 3.63) is 60.0 Å². The summed E-state index contributed by atoms with van der Waals surface area (Å²) in [6.45, 7) is 1.24. The largest absolute Gasteiger partial charge is 0.497 e. The molecule has 0 unspecified atom stereocenters. The summed E-state index contributed by atoms with van der Waals surface area (Å²) in [5.41, 5.74) is 1.98. The van der Waals surface area contributed by atoms with Crippen LogP contribution in [0, 0.1) is 0 Å². The lowest BCUT2D eigenvalue weighted by atomic mass is 10.2. The maximum Gasteiger partial charge on any atom is 0.247 e. The molecule has 6 nitrogen and oxygen atoms in total. The quantitative estimate of drug-likeness (QED) is 0.657. The van der Waals surface area contributed by atoms with E-state index in [1.807, 2.05) is 55.6 Å². The summed E-state index contributed by atoms with van der Waals surface area (Å²) < 4.78 is 16.4. The molecular weight excluding hydrogens is 318 g/mol. The molecule has 0 atom stereocenters. The Labute approximate surface area is 147 Å². The molecule has 0 saturated carbocycles. The van der Waals surface area contributed by atoms with Gasteiger partial charge in [0.25, 0.3) is 0 Å². The van der Waals surface area contributed by atoms with Gasteiger partial charge in [-0.05, 0) is 25.2 Å². The molecule has 0 aliphatic carbocycles. The van der Waals surface area contributed by atoms with Crippen molar-refractivity contribution in [2.24, 2.45) is 0 Å². The van der Waals surface area contributed by atoms with Crippen LogP contribution in [-0.2, 0) is 13.1 Å². The SMILES string of the molecule is COc1ccc(CN(C)Cc2nnc(-c3ccccc3)o2)c(OC)c1. The third kappa shape index (κ3) is 4.16. The van der Waals surface area contributed by atoms with Crippen molar-refractivity contribution in [3.63, 3.8) is 0 Å². The first-order valence-electron chi connectivity index (χ1n) is 7.97. The highest BCUT2D eigenvalue weighted by Gasteiger charge is 2.13. The number of rotatable bonds is 7. The maximum atomic E-state index is 5.76. The van der Waals surface area contributed by atoms with Crippen LogP contribution in [0.2, 0.25) is 0 Å². The Morgan fingerprint density at radius 2 is 1.76 bits per heavy atom. The zero-order chi connectivity index (χ0) is 17.6. The standard InChI is InChI=1S/C19H21N3O3/c1-22(12-15-9-10-16(23-2)11-17(15)24-3)13-18-20-21-19(25-18)14-7-5-4-6-8-14/h4-11H,12-13H2,1-3H3. The molecule has 0 aliphatic heterocycles. The molecule has 6 heteroatoms. The molecule has 130 valence electrons. The summed E-state index contributed by atoms with van der Waals surface area (Å²) in [5, 5.41) is 8.25. The van der Waals surface area contributed by atoms with Crippen molar-refractivity contribution in [1.29, 1.82) is 0 Å². The zero-order valence-corrected chi connectivity index (χ0v) is 14.6. The van der Waals surface area contributed by atoms with Crippen LogP contribution in [0.4, 0.5) is 0 Å². The van der Waals surface area contributed by atoms with E-state index in [0.29, 0.717) is 24.9 Å². The van der Waals surface area contributed by atoms with Crippen LogP contribution < -0.4 is 9.47 Å². The lowest BCUT2D eigenvalue weighted by Crippen LogP contribution is -2.18. The maximum absolute atomic E-state index is 5.76. The van der Waals surface area contributed by atoms with E-state index in [1.165, 1.54) is 0 Å². The molecule has 0 fully saturated rings. The smallest absolute Gasteiger partial charge is 0.247 e. The van der Waals surface area contributed by atoms with Crippen LogP contribution in [0.5, 0.6) is 11.5 Å². The Bertz CT molecular complexity index is 818. The number of ether oxygens (including phenoxy) is 2. The fourth-order valence-electron chi connectivity index (χ4n) is 2.57. The van der Waals surface area contributed by atoms with Crippen LogP contribution in [0.15, 0.2) is 52.9 Å². The number of methoxy groups -OCH3 is 2. The molecule has 3 rings (SSSR count). The zero-order valence-electron chi connectivity index (χ0n) is 14.6. The number of nitrogens with zero attached hydrogens (tertiary/aromatic N) is 3. The van der Waals surface area contributed by atoms with Gasteiger partial charge in [-0.3, -0.25) is 4.90 Å². The van der Waals surface area contributed by atoms with Gasteiger partial charge in [0, 0.05) is 23.7 Å². The van der Waals surface area contributed by atoms with Gasteiger partial charge in [0.2, 0.25) is 11.8 Å².